The number of carbonyl (C=O) groups is 1. The Kier molecular flexibility index (Phi) is 4.19. The summed E-state index contributed by atoms with van der Waals surface area (Å²) < 4.78 is 18.6. The summed E-state index contributed by atoms with van der Waals surface area (Å²) in [5, 5.41) is 0. The number of ether oxygens (including phenoxy) is 1. The van der Waals surface area contributed by atoms with Crippen LogP contribution in [0.1, 0.15) is 17.3 Å². The van der Waals surface area contributed by atoms with E-state index in [4.69, 9.17) is 16.3 Å². The number of amides is 1. The molecule has 2 unspecified atom stereocenters. The van der Waals surface area contributed by atoms with E-state index in [2.05, 4.69) is 0 Å². The summed E-state index contributed by atoms with van der Waals surface area (Å²) in [5.74, 6) is -0.240. The highest BCUT2D eigenvalue weighted by Gasteiger charge is 2.29. The van der Waals surface area contributed by atoms with Gasteiger partial charge in [0.15, 0.2) is 0 Å². The van der Waals surface area contributed by atoms with E-state index < -0.39 is 5.82 Å². The summed E-state index contributed by atoms with van der Waals surface area (Å²) in [5.41, 5.74) is 0.358. The van der Waals surface area contributed by atoms with Crippen molar-refractivity contribution in [2.45, 2.75) is 19.1 Å². The van der Waals surface area contributed by atoms with Crippen LogP contribution in [0.15, 0.2) is 24.3 Å². The van der Waals surface area contributed by atoms with Crippen LogP contribution in [0, 0.1) is 5.82 Å². The maximum Gasteiger partial charge on any atom is 0.254 e. The predicted molar refractivity (Wildman–Crippen MR) is 67.4 cm³/mol. The lowest BCUT2D eigenvalue weighted by atomic mass is 10.1. The van der Waals surface area contributed by atoms with Crippen LogP contribution in [0.3, 0.4) is 0 Å². The topological polar surface area (TPSA) is 29.5 Å². The second kappa shape index (κ2) is 5.67. The van der Waals surface area contributed by atoms with Gasteiger partial charge in [0.25, 0.3) is 5.91 Å². The van der Waals surface area contributed by atoms with Gasteiger partial charge in [-0.2, -0.15) is 0 Å². The van der Waals surface area contributed by atoms with Crippen LogP contribution in [0.25, 0.3) is 0 Å². The number of hydrogen-bond donors (Lipinski definition) is 0. The minimum absolute atomic E-state index is 0.0276. The van der Waals surface area contributed by atoms with Crippen LogP contribution in [-0.2, 0) is 4.74 Å². The van der Waals surface area contributed by atoms with Crippen LogP contribution >= 0.6 is 11.6 Å². The molecule has 0 bridgehead atoms. The first kappa shape index (κ1) is 13.3. The van der Waals surface area contributed by atoms with Gasteiger partial charge in [0.2, 0.25) is 0 Å². The molecule has 2 rings (SSSR count). The Morgan fingerprint density at radius 2 is 2.39 bits per heavy atom. The van der Waals surface area contributed by atoms with Crippen LogP contribution in [0.4, 0.5) is 4.39 Å². The Bertz CT molecular complexity index is 441. The molecule has 0 aliphatic carbocycles. The second-order valence-corrected chi connectivity index (χ2v) is 4.74. The number of benzene rings is 1. The lowest BCUT2D eigenvalue weighted by Gasteiger charge is -2.37. The zero-order valence-electron chi connectivity index (χ0n) is 10.1. The number of carbonyl (C=O) groups excluding carboxylic acids is 1. The van der Waals surface area contributed by atoms with Gasteiger partial charge in [0, 0.05) is 12.1 Å². The van der Waals surface area contributed by atoms with Crippen molar-refractivity contribution in [3.05, 3.63) is 35.6 Å². The van der Waals surface area contributed by atoms with Crippen molar-refractivity contribution in [1.29, 1.82) is 0 Å². The van der Waals surface area contributed by atoms with Gasteiger partial charge in [-0.15, -0.1) is 11.6 Å². The number of rotatable bonds is 2. The van der Waals surface area contributed by atoms with Crippen molar-refractivity contribution in [2.75, 3.05) is 19.0 Å². The van der Waals surface area contributed by atoms with Crippen LogP contribution in [-0.4, -0.2) is 42.0 Å². The summed E-state index contributed by atoms with van der Waals surface area (Å²) in [4.78, 5) is 14.0. The number of halogens is 2. The Morgan fingerprint density at radius 3 is 3.06 bits per heavy atom. The molecule has 5 heteroatoms. The molecule has 98 valence electrons. The third-order valence-corrected chi connectivity index (χ3v) is 3.35. The van der Waals surface area contributed by atoms with Gasteiger partial charge in [-0.3, -0.25) is 4.79 Å². The number of hydrogen-bond acceptors (Lipinski definition) is 2. The Balaban J connectivity index is 2.16. The molecule has 1 fully saturated rings. The first-order chi connectivity index (χ1) is 8.61. The van der Waals surface area contributed by atoms with E-state index in [9.17, 15) is 9.18 Å². The SMILES string of the molecule is CC1COC(CCl)CN1C(=O)c1cccc(F)c1. The number of alkyl halides is 1. The molecule has 1 aromatic carbocycles. The van der Waals surface area contributed by atoms with Gasteiger partial charge >= 0.3 is 0 Å². The highest BCUT2D eigenvalue weighted by Crippen LogP contribution is 2.17. The number of morpholine rings is 1. The summed E-state index contributed by atoms with van der Waals surface area (Å²) >= 11 is 5.75. The van der Waals surface area contributed by atoms with Crippen molar-refractivity contribution < 1.29 is 13.9 Å². The summed E-state index contributed by atoms with van der Waals surface area (Å²) in [6.45, 7) is 2.81. The monoisotopic (exact) mass is 271 g/mol. The molecular formula is C13H15ClFNO2. The van der Waals surface area contributed by atoms with Crippen molar-refractivity contribution in [1.82, 2.24) is 4.90 Å². The highest BCUT2D eigenvalue weighted by atomic mass is 35.5. The van der Waals surface area contributed by atoms with E-state index in [1.165, 1.54) is 18.2 Å². The van der Waals surface area contributed by atoms with E-state index in [1.54, 1.807) is 11.0 Å². The fourth-order valence-corrected chi connectivity index (χ4v) is 2.17. The Labute approximate surface area is 110 Å². The van der Waals surface area contributed by atoms with Gasteiger partial charge in [-0.25, -0.2) is 4.39 Å². The maximum atomic E-state index is 13.1. The van der Waals surface area contributed by atoms with Gasteiger partial charge in [-0.05, 0) is 25.1 Å². The molecule has 0 saturated carbocycles. The van der Waals surface area contributed by atoms with Crippen LogP contribution in [0.5, 0.6) is 0 Å². The molecule has 0 radical (unpaired) electrons. The molecule has 1 aliphatic rings. The van der Waals surface area contributed by atoms with Crippen molar-refractivity contribution in [3.8, 4) is 0 Å². The second-order valence-electron chi connectivity index (χ2n) is 4.43. The summed E-state index contributed by atoms with van der Waals surface area (Å²) in [7, 11) is 0. The Hall–Kier alpha value is -1.13. The zero-order valence-corrected chi connectivity index (χ0v) is 10.9. The molecule has 1 heterocycles. The summed E-state index contributed by atoms with van der Waals surface area (Å²) in [6.07, 6.45) is -0.152. The molecule has 1 aliphatic heterocycles. The van der Waals surface area contributed by atoms with E-state index in [-0.39, 0.29) is 18.1 Å². The zero-order chi connectivity index (χ0) is 13.1. The quantitative estimate of drug-likeness (QED) is 0.773. The highest BCUT2D eigenvalue weighted by molar-refractivity contribution is 6.18. The standard InChI is InChI=1S/C13H15ClFNO2/c1-9-8-18-12(6-14)7-16(9)13(17)10-3-2-4-11(15)5-10/h2-5,9,12H,6-8H2,1H3. The predicted octanol–water partition coefficient (Wildman–Crippen LogP) is 2.29. The molecule has 0 spiro atoms. The molecule has 0 aromatic heterocycles. The maximum absolute atomic E-state index is 13.1. The Morgan fingerprint density at radius 1 is 1.61 bits per heavy atom. The van der Waals surface area contributed by atoms with Crippen LogP contribution in [0.2, 0.25) is 0 Å². The molecule has 2 atom stereocenters. The summed E-state index contributed by atoms with van der Waals surface area (Å²) in [6, 6.07) is 5.69. The van der Waals surface area contributed by atoms with Crippen molar-refractivity contribution in [3.63, 3.8) is 0 Å². The number of nitrogens with zero attached hydrogens (tertiary/aromatic N) is 1. The first-order valence-electron chi connectivity index (χ1n) is 5.86. The average molecular weight is 272 g/mol. The van der Waals surface area contributed by atoms with Crippen molar-refractivity contribution in [2.24, 2.45) is 0 Å². The first-order valence-corrected chi connectivity index (χ1v) is 6.39. The molecule has 1 amide bonds. The van der Waals surface area contributed by atoms with E-state index >= 15 is 0 Å². The van der Waals surface area contributed by atoms with Gasteiger partial charge in [-0.1, -0.05) is 6.07 Å². The van der Waals surface area contributed by atoms with Gasteiger partial charge in [0.1, 0.15) is 5.82 Å². The molecule has 3 nitrogen and oxygen atoms in total. The van der Waals surface area contributed by atoms with Crippen molar-refractivity contribution >= 4 is 17.5 Å². The molecule has 0 N–H and O–H groups in total. The molecule has 18 heavy (non-hydrogen) atoms. The van der Waals surface area contributed by atoms with E-state index in [0.717, 1.165) is 0 Å². The smallest absolute Gasteiger partial charge is 0.254 e. The molecule has 1 saturated heterocycles. The average Bonchev–Trinajstić information content (AvgIpc) is 2.38. The minimum Gasteiger partial charge on any atom is -0.373 e. The molecule has 1 aromatic rings. The lowest BCUT2D eigenvalue weighted by Crippen LogP contribution is -2.51. The fourth-order valence-electron chi connectivity index (χ4n) is 1.98. The normalized spacial score (nSPS) is 24.1. The van der Waals surface area contributed by atoms with Crippen LogP contribution < -0.4 is 0 Å². The molecular weight excluding hydrogens is 257 g/mol. The largest absolute Gasteiger partial charge is 0.373 e. The van der Waals surface area contributed by atoms with Gasteiger partial charge in [0.05, 0.1) is 24.6 Å². The fraction of sp³-hybridized carbons (Fsp3) is 0.462. The minimum atomic E-state index is -0.407. The van der Waals surface area contributed by atoms with E-state index in [1.807, 2.05) is 6.92 Å². The lowest BCUT2D eigenvalue weighted by molar-refractivity contribution is -0.0371. The third kappa shape index (κ3) is 2.82. The third-order valence-electron chi connectivity index (χ3n) is 3.01. The van der Waals surface area contributed by atoms with E-state index in [0.29, 0.717) is 24.6 Å². The van der Waals surface area contributed by atoms with Gasteiger partial charge < -0.3 is 9.64 Å².